The summed E-state index contributed by atoms with van der Waals surface area (Å²) in [6.07, 6.45) is 9.68. The van der Waals surface area contributed by atoms with Crippen LogP contribution in [0, 0.1) is 0 Å². The maximum atomic E-state index is 12.7. The summed E-state index contributed by atoms with van der Waals surface area (Å²) in [4.78, 5) is 31.5. The average Bonchev–Trinajstić information content (AvgIpc) is 2.75. The number of amides is 1. The third kappa shape index (κ3) is 3.92. The predicted molar refractivity (Wildman–Crippen MR) is 98.5 cm³/mol. The fourth-order valence-electron chi connectivity index (χ4n) is 3.25. The second-order valence-electron chi connectivity index (χ2n) is 6.34. The number of carbonyl (C=O) groups is 1. The van der Waals surface area contributed by atoms with Gasteiger partial charge in [-0.2, -0.15) is 0 Å². The number of rotatable bonds is 4. The Bertz CT molecular complexity index is 905. The van der Waals surface area contributed by atoms with E-state index in [0.717, 1.165) is 18.5 Å². The summed E-state index contributed by atoms with van der Waals surface area (Å²) in [6.45, 7) is 1.25. The molecule has 27 heavy (non-hydrogen) atoms. The van der Waals surface area contributed by atoms with Crippen LogP contribution in [0.3, 0.4) is 0 Å². The molecule has 4 rings (SSSR count). The molecule has 7 nitrogen and oxygen atoms in total. The highest BCUT2D eigenvalue weighted by Crippen LogP contribution is 2.32. The molecule has 136 valence electrons. The van der Waals surface area contributed by atoms with Crippen molar-refractivity contribution in [3.63, 3.8) is 0 Å². The number of benzene rings is 1. The first-order chi connectivity index (χ1) is 13.3. The van der Waals surface area contributed by atoms with Crippen molar-refractivity contribution >= 4 is 5.91 Å². The Kier molecular flexibility index (Phi) is 5.00. The fourth-order valence-corrected chi connectivity index (χ4v) is 3.25. The van der Waals surface area contributed by atoms with E-state index >= 15 is 0 Å². The summed E-state index contributed by atoms with van der Waals surface area (Å²) >= 11 is 0. The molecule has 2 aromatic heterocycles. The zero-order valence-corrected chi connectivity index (χ0v) is 14.7. The Morgan fingerprint density at radius 2 is 1.85 bits per heavy atom. The minimum Gasteiger partial charge on any atom is -0.437 e. The van der Waals surface area contributed by atoms with E-state index in [9.17, 15) is 4.79 Å². The fraction of sp³-hybridized carbons (Fsp3) is 0.250. The molecule has 3 heterocycles. The summed E-state index contributed by atoms with van der Waals surface area (Å²) in [6, 6.07) is 9.51. The highest BCUT2D eigenvalue weighted by atomic mass is 16.5. The number of carbonyl (C=O) groups excluding carboxylic acids is 1. The Balaban J connectivity index is 1.54. The zero-order chi connectivity index (χ0) is 18.5. The smallest absolute Gasteiger partial charge is 0.274 e. The van der Waals surface area contributed by atoms with Gasteiger partial charge in [-0.1, -0.05) is 18.2 Å². The molecule has 0 radical (unpaired) electrons. The first-order valence-corrected chi connectivity index (χ1v) is 8.90. The molecule has 1 amide bonds. The Morgan fingerprint density at radius 1 is 1.04 bits per heavy atom. The van der Waals surface area contributed by atoms with Crippen molar-refractivity contribution in [2.75, 3.05) is 13.1 Å². The molecule has 1 aliphatic rings. The van der Waals surface area contributed by atoms with Gasteiger partial charge >= 0.3 is 0 Å². The van der Waals surface area contributed by atoms with Crippen LogP contribution in [0.1, 0.15) is 34.9 Å². The van der Waals surface area contributed by atoms with Crippen molar-refractivity contribution in [2.24, 2.45) is 0 Å². The van der Waals surface area contributed by atoms with Gasteiger partial charge in [-0.15, -0.1) is 0 Å². The molecule has 1 atom stereocenters. The molecule has 1 fully saturated rings. The van der Waals surface area contributed by atoms with Crippen molar-refractivity contribution in [2.45, 2.75) is 18.8 Å². The molecule has 0 unspecified atom stereocenters. The van der Waals surface area contributed by atoms with Crippen LogP contribution in [-0.4, -0.2) is 43.8 Å². The Hall–Kier alpha value is -3.35. The first-order valence-electron chi connectivity index (χ1n) is 8.90. The lowest BCUT2D eigenvalue weighted by molar-refractivity contribution is 0.0698. The monoisotopic (exact) mass is 361 g/mol. The van der Waals surface area contributed by atoms with Gasteiger partial charge in [0, 0.05) is 43.8 Å². The van der Waals surface area contributed by atoms with E-state index in [1.165, 1.54) is 12.4 Å². The number of likely N-dealkylation sites (tertiary alicyclic amines) is 1. The lowest BCUT2D eigenvalue weighted by Crippen LogP contribution is -2.39. The van der Waals surface area contributed by atoms with Crippen LogP contribution in [-0.2, 0) is 0 Å². The van der Waals surface area contributed by atoms with Crippen LogP contribution in [0.5, 0.6) is 11.6 Å². The summed E-state index contributed by atoms with van der Waals surface area (Å²) in [5.41, 5.74) is 1.14. The summed E-state index contributed by atoms with van der Waals surface area (Å²) in [7, 11) is 0. The number of nitrogens with zero attached hydrogens (tertiary/aromatic N) is 5. The van der Waals surface area contributed by atoms with E-state index in [0.29, 0.717) is 30.4 Å². The summed E-state index contributed by atoms with van der Waals surface area (Å²) < 4.78 is 5.94. The van der Waals surface area contributed by atoms with Gasteiger partial charge in [-0.25, -0.2) is 9.97 Å². The van der Waals surface area contributed by atoms with E-state index in [1.54, 1.807) is 23.5 Å². The maximum absolute atomic E-state index is 12.7. The lowest BCUT2D eigenvalue weighted by atomic mass is 9.94. The Morgan fingerprint density at radius 3 is 2.67 bits per heavy atom. The van der Waals surface area contributed by atoms with Gasteiger partial charge in [0.15, 0.2) is 0 Å². The van der Waals surface area contributed by atoms with Crippen molar-refractivity contribution < 1.29 is 9.53 Å². The quantitative estimate of drug-likeness (QED) is 0.710. The molecular formula is C20H19N5O2. The van der Waals surface area contributed by atoms with Crippen molar-refractivity contribution in [3.05, 3.63) is 72.7 Å². The molecule has 0 spiro atoms. The molecular weight excluding hydrogens is 342 g/mol. The van der Waals surface area contributed by atoms with Crippen molar-refractivity contribution in [1.29, 1.82) is 0 Å². The zero-order valence-electron chi connectivity index (χ0n) is 14.7. The Labute approximate surface area is 157 Å². The van der Waals surface area contributed by atoms with Crippen LogP contribution in [0.15, 0.2) is 61.3 Å². The van der Waals surface area contributed by atoms with Gasteiger partial charge in [-0.3, -0.25) is 14.8 Å². The highest BCUT2D eigenvalue weighted by Gasteiger charge is 2.29. The number of piperidine rings is 1. The predicted octanol–water partition coefficient (Wildman–Crippen LogP) is 3.08. The summed E-state index contributed by atoms with van der Waals surface area (Å²) in [5, 5.41) is 0. The van der Waals surface area contributed by atoms with Crippen LogP contribution in [0.4, 0.5) is 0 Å². The van der Waals surface area contributed by atoms with Gasteiger partial charge < -0.3 is 9.64 Å². The third-order valence-electron chi connectivity index (χ3n) is 4.53. The minimum atomic E-state index is -0.109. The number of hydrogen-bond donors (Lipinski definition) is 0. The number of aromatic nitrogens is 4. The van der Waals surface area contributed by atoms with Crippen molar-refractivity contribution in [1.82, 2.24) is 24.8 Å². The normalized spacial score (nSPS) is 16.7. The number of ether oxygens (including phenoxy) is 1. The van der Waals surface area contributed by atoms with Crippen LogP contribution < -0.4 is 4.74 Å². The van der Waals surface area contributed by atoms with E-state index < -0.39 is 0 Å². The standard InChI is InChI=1S/C20H19N5O2/c26-20(17-13-21-8-9-22-17)25-12-4-5-15(14-25)18-19(24-11-10-23-18)27-16-6-2-1-3-7-16/h1-3,6-11,13,15H,4-5,12,14H2/t15-/m0/s1. The van der Waals surface area contributed by atoms with Gasteiger partial charge in [0.05, 0.1) is 6.20 Å². The summed E-state index contributed by atoms with van der Waals surface area (Å²) in [5.74, 6) is 1.15. The van der Waals surface area contributed by atoms with E-state index in [-0.39, 0.29) is 11.8 Å². The molecule has 0 saturated carbocycles. The average molecular weight is 361 g/mol. The molecule has 3 aromatic rings. The molecule has 0 aliphatic carbocycles. The molecule has 1 aromatic carbocycles. The molecule has 0 bridgehead atoms. The highest BCUT2D eigenvalue weighted by molar-refractivity contribution is 5.92. The third-order valence-corrected chi connectivity index (χ3v) is 4.53. The first kappa shape index (κ1) is 17.1. The van der Waals surface area contributed by atoms with Crippen LogP contribution in [0.25, 0.3) is 0 Å². The maximum Gasteiger partial charge on any atom is 0.274 e. The topological polar surface area (TPSA) is 81.1 Å². The van der Waals surface area contributed by atoms with Crippen LogP contribution in [0.2, 0.25) is 0 Å². The van der Waals surface area contributed by atoms with E-state index in [2.05, 4.69) is 19.9 Å². The SMILES string of the molecule is O=C(c1cnccn1)N1CCC[C@H](c2nccnc2Oc2ccccc2)C1. The van der Waals surface area contributed by atoms with Crippen LogP contribution >= 0.6 is 0 Å². The molecule has 1 saturated heterocycles. The number of hydrogen-bond acceptors (Lipinski definition) is 6. The largest absolute Gasteiger partial charge is 0.437 e. The van der Waals surface area contributed by atoms with Gasteiger partial charge in [0.2, 0.25) is 5.88 Å². The molecule has 7 heteroatoms. The molecule has 0 N–H and O–H groups in total. The van der Waals surface area contributed by atoms with Gasteiger partial charge in [-0.05, 0) is 25.0 Å². The van der Waals surface area contributed by atoms with E-state index in [1.807, 2.05) is 30.3 Å². The second kappa shape index (κ2) is 7.90. The second-order valence-corrected chi connectivity index (χ2v) is 6.34. The lowest BCUT2D eigenvalue weighted by Gasteiger charge is -2.32. The van der Waals surface area contributed by atoms with Crippen molar-refractivity contribution in [3.8, 4) is 11.6 Å². The number of para-hydroxylation sites is 1. The molecule has 1 aliphatic heterocycles. The van der Waals surface area contributed by atoms with Gasteiger partial charge in [0.1, 0.15) is 17.1 Å². The van der Waals surface area contributed by atoms with Gasteiger partial charge in [0.25, 0.3) is 5.91 Å². The van der Waals surface area contributed by atoms with E-state index in [4.69, 9.17) is 4.74 Å². The minimum absolute atomic E-state index is 0.0618.